The second kappa shape index (κ2) is 6.86. The zero-order valence-corrected chi connectivity index (χ0v) is 14.3. The molecule has 0 bridgehead atoms. The molecule has 1 saturated carbocycles. The summed E-state index contributed by atoms with van der Waals surface area (Å²) in [4.78, 5) is 1.14. The van der Waals surface area contributed by atoms with Crippen molar-refractivity contribution in [3.63, 3.8) is 0 Å². The van der Waals surface area contributed by atoms with E-state index in [2.05, 4.69) is 45.7 Å². The fraction of sp³-hybridized carbons (Fsp3) is 0.294. The zero-order chi connectivity index (χ0) is 14.7. The van der Waals surface area contributed by atoms with Crippen molar-refractivity contribution >= 4 is 27.7 Å². The Balaban J connectivity index is 1.72. The number of hydrogen-bond donors (Lipinski definition) is 1. The van der Waals surface area contributed by atoms with Gasteiger partial charge in [0.05, 0.1) is 4.47 Å². The molecule has 0 radical (unpaired) electrons. The summed E-state index contributed by atoms with van der Waals surface area (Å²) in [5.41, 5.74) is 1.28. The highest BCUT2D eigenvalue weighted by Gasteiger charge is 2.20. The molecule has 2 nitrogen and oxygen atoms in total. The molecule has 0 unspecified atom stereocenters. The van der Waals surface area contributed by atoms with E-state index in [4.69, 9.17) is 4.74 Å². The van der Waals surface area contributed by atoms with Crippen molar-refractivity contribution in [1.29, 1.82) is 0 Å². The normalized spacial score (nSPS) is 14.2. The molecule has 0 amide bonds. The average molecular weight is 364 g/mol. The Morgan fingerprint density at radius 1 is 1.19 bits per heavy atom. The van der Waals surface area contributed by atoms with E-state index in [-0.39, 0.29) is 0 Å². The van der Waals surface area contributed by atoms with E-state index < -0.39 is 0 Å². The topological polar surface area (TPSA) is 21.3 Å². The summed E-state index contributed by atoms with van der Waals surface area (Å²) in [6.45, 7) is 0.922. The smallest absolute Gasteiger partial charge is 0.141 e. The first-order valence-electron chi connectivity index (χ1n) is 7.09. The van der Waals surface area contributed by atoms with Crippen LogP contribution in [0.5, 0.6) is 11.5 Å². The van der Waals surface area contributed by atoms with Crippen molar-refractivity contribution in [1.82, 2.24) is 5.32 Å². The van der Waals surface area contributed by atoms with Crippen LogP contribution in [0.4, 0.5) is 0 Å². The minimum absolute atomic E-state index is 0.730. The van der Waals surface area contributed by atoms with Gasteiger partial charge in [0, 0.05) is 17.5 Å². The lowest BCUT2D eigenvalue weighted by atomic mass is 10.2. The first-order valence-corrected chi connectivity index (χ1v) is 9.11. The van der Waals surface area contributed by atoms with Crippen LogP contribution in [0.2, 0.25) is 0 Å². The largest absolute Gasteiger partial charge is 0.455 e. The van der Waals surface area contributed by atoms with Crippen LogP contribution in [-0.4, -0.2) is 12.3 Å². The lowest BCUT2D eigenvalue weighted by Crippen LogP contribution is -2.15. The molecule has 1 fully saturated rings. The zero-order valence-electron chi connectivity index (χ0n) is 11.9. The van der Waals surface area contributed by atoms with Gasteiger partial charge in [0.2, 0.25) is 0 Å². The summed E-state index contributed by atoms with van der Waals surface area (Å²) in [6.07, 6.45) is 4.69. The fourth-order valence-corrected chi connectivity index (χ4v) is 3.14. The highest BCUT2D eigenvalue weighted by Crippen LogP contribution is 2.35. The molecule has 2 aromatic rings. The molecule has 110 valence electrons. The Hall–Kier alpha value is -0.970. The lowest BCUT2D eigenvalue weighted by Gasteiger charge is -2.12. The Morgan fingerprint density at radius 3 is 2.71 bits per heavy atom. The molecule has 21 heavy (non-hydrogen) atoms. The molecule has 1 aliphatic carbocycles. The minimum Gasteiger partial charge on any atom is -0.455 e. The van der Waals surface area contributed by atoms with Gasteiger partial charge >= 0.3 is 0 Å². The maximum atomic E-state index is 6.04. The second-order valence-corrected chi connectivity index (χ2v) is 6.88. The van der Waals surface area contributed by atoms with Crippen LogP contribution in [0.15, 0.2) is 51.8 Å². The van der Waals surface area contributed by atoms with Crippen LogP contribution in [-0.2, 0) is 6.54 Å². The molecule has 0 spiro atoms. The highest BCUT2D eigenvalue weighted by atomic mass is 79.9. The Labute approximate surface area is 138 Å². The molecule has 0 aromatic heterocycles. The fourth-order valence-electron chi connectivity index (χ4n) is 2.11. The molecule has 4 heteroatoms. The van der Waals surface area contributed by atoms with Crippen molar-refractivity contribution in [3.05, 3.63) is 52.5 Å². The number of nitrogens with one attached hydrogen (secondary N) is 1. The minimum atomic E-state index is 0.730. The van der Waals surface area contributed by atoms with E-state index in [9.17, 15) is 0 Å². The second-order valence-electron chi connectivity index (χ2n) is 5.17. The molecule has 0 atom stereocenters. The van der Waals surface area contributed by atoms with Crippen LogP contribution in [0.25, 0.3) is 0 Å². The van der Waals surface area contributed by atoms with Crippen molar-refractivity contribution in [2.45, 2.75) is 30.3 Å². The average Bonchev–Trinajstić information content (AvgIpc) is 3.32. The SMILES string of the molecule is CSc1ccccc1Oc1ccc(CNC2CC2)cc1Br. The number of benzene rings is 2. The van der Waals surface area contributed by atoms with Gasteiger partial charge in [-0.2, -0.15) is 0 Å². The Kier molecular flexibility index (Phi) is 4.88. The summed E-state index contributed by atoms with van der Waals surface area (Å²) < 4.78 is 7.03. The summed E-state index contributed by atoms with van der Waals surface area (Å²) in [6, 6.07) is 15.1. The van der Waals surface area contributed by atoms with E-state index in [1.807, 2.05) is 24.3 Å². The van der Waals surface area contributed by atoms with Crippen LogP contribution in [0.3, 0.4) is 0 Å². The van der Waals surface area contributed by atoms with Gasteiger partial charge in [-0.25, -0.2) is 0 Å². The number of halogens is 1. The van der Waals surface area contributed by atoms with Gasteiger partial charge in [-0.3, -0.25) is 0 Å². The Morgan fingerprint density at radius 2 is 2.00 bits per heavy atom. The predicted molar refractivity (Wildman–Crippen MR) is 92.3 cm³/mol. The van der Waals surface area contributed by atoms with E-state index in [0.29, 0.717) is 0 Å². The van der Waals surface area contributed by atoms with Crippen LogP contribution in [0, 0.1) is 0 Å². The third-order valence-electron chi connectivity index (χ3n) is 3.46. The van der Waals surface area contributed by atoms with Crippen molar-refractivity contribution < 1.29 is 4.74 Å². The number of para-hydroxylation sites is 1. The van der Waals surface area contributed by atoms with Crippen molar-refractivity contribution in [2.24, 2.45) is 0 Å². The summed E-state index contributed by atoms with van der Waals surface area (Å²) >= 11 is 5.31. The van der Waals surface area contributed by atoms with E-state index in [1.54, 1.807) is 11.8 Å². The van der Waals surface area contributed by atoms with Gasteiger partial charge in [-0.1, -0.05) is 18.2 Å². The molecule has 3 rings (SSSR count). The van der Waals surface area contributed by atoms with Crippen molar-refractivity contribution in [2.75, 3.05) is 6.26 Å². The van der Waals surface area contributed by atoms with Gasteiger partial charge in [0.15, 0.2) is 0 Å². The molecular formula is C17H18BrNOS. The molecule has 1 N–H and O–H groups in total. The van der Waals surface area contributed by atoms with Crippen LogP contribution < -0.4 is 10.1 Å². The molecule has 0 saturated heterocycles. The predicted octanol–water partition coefficient (Wildman–Crippen LogP) is 5.22. The monoisotopic (exact) mass is 363 g/mol. The summed E-state index contributed by atoms with van der Waals surface area (Å²) in [5, 5.41) is 3.52. The maximum absolute atomic E-state index is 6.04. The van der Waals surface area contributed by atoms with Gasteiger partial charge in [0.1, 0.15) is 11.5 Å². The molecule has 1 aliphatic rings. The first-order chi connectivity index (χ1) is 10.3. The number of hydrogen-bond acceptors (Lipinski definition) is 3. The third kappa shape index (κ3) is 4.02. The van der Waals surface area contributed by atoms with Gasteiger partial charge in [-0.15, -0.1) is 11.8 Å². The molecule has 0 aliphatic heterocycles. The van der Waals surface area contributed by atoms with Gasteiger partial charge in [0.25, 0.3) is 0 Å². The van der Waals surface area contributed by atoms with Gasteiger partial charge in [-0.05, 0) is 64.9 Å². The molecule has 0 heterocycles. The van der Waals surface area contributed by atoms with Crippen molar-refractivity contribution in [3.8, 4) is 11.5 Å². The van der Waals surface area contributed by atoms with E-state index in [0.717, 1.165) is 33.5 Å². The summed E-state index contributed by atoms with van der Waals surface area (Å²) in [7, 11) is 0. The number of rotatable bonds is 6. The van der Waals surface area contributed by atoms with E-state index in [1.165, 1.54) is 18.4 Å². The standard InChI is InChI=1S/C17H18BrNOS/c1-21-17-5-3-2-4-16(17)20-15-9-6-12(10-14(15)18)11-19-13-7-8-13/h2-6,9-10,13,19H,7-8,11H2,1H3. The molecule has 2 aromatic carbocycles. The highest BCUT2D eigenvalue weighted by molar-refractivity contribution is 9.10. The number of thioether (sulfide) groups is 1. The lowest BCUT2D eigenvalue weighted by molar-refractivity contribution is 0.468. The van der Waals surface area contributed by atoms with Crippen LogP contribution in [0.1, 0.15) is 18.4 Å². The molecular weight excluding hydrogens is 346 g/mol. The number of ether oxygens (including phenoxy) is 1. The Bertz CT molecular complexity index is 628. The first kappa shape index (κ1) is 14.9. The van der Waals surface area contributed by atoms with Gasteiger partial charge < -0.3 is 10.1 Å². The quantitative estimate of drug-likeness (QED) is 0.711. The van der Waals surface area contributed by atoms with Crippen LogP contribution >= 0.6 is 27.7 Å². The third-order valence-corrected chi connectivity index (χ3v) is 4.85. The van der Waals surface area contributed by atoms with E-state index >= 15 is 0 Å². The summed E-state index contributed by atoms with van der Waals surface area (Å²) in [5.74, 6) is 1.75. The maximum Gasteiger partial charge on any atom is 0.141 e.